The average molecular weight is 1300 g/mol. The van der Waals surface area contributed by atoms with Crippen LogP contribution in [0.15, 0.2) is 376 Å². The van der Waals surface area contributed by atoms with Gasteiger partial charge in [-0.25, -0.2) is 0 Å². The first-order chi connectivity index (χ1) is 50.5. The van der Waals surface area contributed by atoms with Gasteiger partial charge in [0, 0.05) is 48.0 Å². The van der Waals surface area contributed by atoms with Crippen LogP contribution >= 0.6 is 0 Å². The van der Waals surface area contributed by atoms with Crippen molar-refractivity contribution in [1.29, 1.82) is 0 Å². The molecule has 0 unspecified atom stereocenters. The highest BCUT2D eigenvalue weighted by atomic mass is 15.1. The van der Waals surface area contributed by atoms with Crippen molar-refractivity contribution < 1.29 is 0 Å². The van der Waals surface area contributed by atoms with Gasteiger partial charge in [-0.1, -0.05) is 328 Å². The number of benzene rings is 18. The Balaban J connectivity index is 0.970. The molecule has 0 saturated carbocycles. The van der Waals surface area contributed by atoms with Gasteiger partial charge < -0.3 is 9.80 Å². The standard InChI is InChI=1S/C100H68N2/c1-101-91-53-21-19-51-89(91)99(71-33-7-3-8-34-71,72-35-9-4-10-36-72)97-83(49-27-55-93(97)101)77-43-25-47-81-87(77)64-88-78(84-50-28-56-94-98(84)100(73-37-11-5-12-38-73,74-39-13-6-14-40-74)90-52-20-22-54-92(90)102(94)2)44-26-48-82(88)96(81)95-79-45-23-41-75(69-59-57-65-29-15-17-31-67(65)61-69)85(79)63-86-76(42-24-46-80(86)95)70-60-58-66-30-16-18-32-68(66)62-70/h3-64H,1-2H3. The Morgan fingerprint density at radius 3 is 0.853 bits per heavy atom. The van der Waals surface area contributed by atoms with Gasteiger partial charge in [0.15, 0.2) is 0 Å². The van der Waals surface area contributed by atoms with E-state index in [0.29, 0.717) is 0 Å². The zero-order chi connectivity index (χ0) is 67.6. The summed E-state index contributed by atoms with van der Waals surface area (Å²) in [7, 11) is 4.52. The van der Waals surface area contributed by atoms with Crippen molar-refractivity contribution in [2.75, 3.05) is 23.9 Å². The Labute approximate surface area is 594 Å². The molecule has 0 fully saturated rings. The number of hydrogen-bond donors (Lipinski definition) is 0. The fourth-order valence-corrected chi connectivity index (χ4v) is 18.4. The Morgan fingerprint density at radius 1 is 0.196 bits per heavy atom. The van der Waals surface area contributed by atoms with Crippen LogP contribution in [0.3, 0.4) is 0 Å². The van der Waals surface area contributed by atoms with Crippen LogP contribution in [0.5, 0.6) is 0 Å². The number of anilines is 4. The molecule has 2 nitrogen and oxygen atoms in total. The molecule has 0 spiro atoms. The van der Waals surface area contributed by atoms with Gasteiger partial charge in [-0.05, 0) is 202 Å². The van der Waals surface area contributed by atoms with E-state index in [9.17, 15) is 0 Å². The van der Waals surface area contributed by atoms with Crippen LogP contribution in [-0.2, 0) is 10.8 Å². The van der Waals surface area contributed by atoms with Crippen LogP contribution in [0.2, 0.25) is 0 Å². The van der Waals surface area contributed by atoms with Gasteiger partial charge in [0.05, 0.1) is 10.8 Å². The molecular weight excluding hydrogens is 1230 g/mol. The summed E-state index contributed by atoms with van der Waals surface area (Å²) < 4.78 is 0. The normalized spacial score (nSPS) is 13.5. The first kappa shape index (κ1) is 59.2. The van der Waals surface area contributed by atoms with Crippen LogP contribution in [0.4, 0.5) is 22.7 Å². The van der Waals surface area contributed by atoms with Crippen LogP contribution in [0.25, 0.3) is 120 Å². The minimum absolute atomic E-state index is 0.738. The summed E-state index contributed by atoms with van der Waals surface area (Å²) >= 11 is 0. The quantitative estimate of drug-likeness (QED) is 0.133. The predicted octanol–water partition coefficient (Wildman–Crippen LogP) is 25.9. The summed E-state index contributed by atoms with van der Waals surface area (Å²) in [6, 6.07) is 143. The second kappa shape index (κ2) is 23.4. The molecule has 102 heavy (non-hydrogen) atoms. The average Bonchev–Trinajstić information content (AvgIpc) is 0.699. The predicted molar refractivity (Wildman–Crippen MR) is 431 cm³/mol. The lowest BCUT2D eigenvalue weighted by Gasteiger charge is -2.46. The van der Waals surface area contributed by atoms with Crippen LogP contribution in [0, 0.1) is 0 Å². The third-order valence-corrected chi connectivity index (χ3v) is 22.8. The third kappa shape index (κ3) is 8.66. The topological polar surface area (TPSA) is 6.48 Å². The lowest BCUT2D eigenvalue weighted by Crippen LogP contribution is -2.38. The van der Waals surface area contributed by atoms with Gasteiger partial charge in [0.25, 0.3) is 0 Å². The number of nitrogens with zero attached hydrogens (tertiary/aromatic N) is 2. The minimum atomic E-state index is -0.738. The Hall–Kier alpha value is -12.9. The molecule has 0 amide bonds. The van der Waals surface area contributed by atoms with Gasteiger partial charge in [-0.3, -0.25) is 0 Å². The largest absolute Gasteiger partial charge is 0.344 e. The van der Waals surface area contributed by atoms with Crippen molar-refractivity contribution in [2.45, 2.75) is 10.8 Å². The number of fused-ring (bicyclic) bond motifs is 10. The maximum absolute atomic E-state index is 2.59. The third-order valence-electron chi connectivity index (χ3n) is 22.8. The van der Waals surface area contributed by atoms with E-state index in [2.05, 4.69) is 400 Å². The minimum Gasteiger partial charge on any atom is -0.344 e. The Kier molecular flexibility index (Phi) is 13.6. The lowest BCUT2D eigenvalue weighted by molar-refractivity contribution is 0.729. The number of para-hydroxylation sites is 2. The smallest absolute Gasteiger partial charge is 0.0748 e. The summed E-state index contributed by atoms with van der Waals surface area (Å²) in [6.07, 6.45) is 0. The summed E-state index contributed by atoms with van der Waals surface area (Å²) in [6.45, 7) is 0. The Morgan fingerprint density at radius 2 is 0.480 bits per heavy atom. The van der Waals surface area contributed by atoms with E-state index >= 15 is 0 Å². The molecule has 0 N–H and O–H groups in total. The fraction of sp³-hybridized carbons (Fsp3) is 0.0400. The van der Waals surface area contributed by atoms with Gasteiger partial charge in [0.2, 0.25) is 0 Å². The molecule has 2 aliphatic rings. The van der Waals surface area contributed by atoms with E-state index in [0.717, 1.165) is 11.1 Å². The van der Waals surface area contributed by atoms with E-state index in [1.807, 2.05) is 0 Å². The van der Waals surface area contributed by atoms with Crippen LogP contribution in [-0.4, -0.2) is 14.1 Å². The molecule has 2 heteroatoms. The lowest BCUT2D eigenvalue weighted by atomic mass is 9.60. The zero-order valence-electron chi connectivity index (χ0n) is 56.7. The van der Waals surface area contributed by atoms with Crippen LogP contribution in [0.1, 0.15) is 44.5 Å². The molecule has 0 radical (unpaired) electrons. The maximum Gasteiger partial charge on any atom is 0.0748 e. The highest BCUT2D eigenvalue weighted by Crippen LogP contribution is 2.62. The monoisotopic (exact) mass is 1300 g/mol. The molecule has 20 rings (SSSR count). The summed E-state index contributed by atoms with van der Waals surface area (Å²) in [4.78, 5) is 4.87. The summed E-state index contributed by atoms with van der Waals surface area (Å²) in [5.74, 6) is 0. The first-order valence-electron chi connectivity index (χ1n) is 35.6. The molecule has 0 atom stereocenters. The molecule has 478 valence electrons. The first-order valence-corrected chi connectivity index (χ1v) is 35.6. The second-order valence-electron chi connectivity index (χ2n) is 27.7. The van der Waals surface area contributed by atoms with Crippen LogP contribution < -0.4 is 9.80 Å². The molecular formula is C100H68N2. The molecule has 0 aromatic heterocycles. The molecule has 2 heterocycles. The number of hydrogen-bond acceptors (Lipinski definition) is 2. The fourth-order valence-electron chi connectivity index (χ4n) is 18.4. The number of rotatable bonds is 9. The van der Waals surface area contributed by atoms with Gasteiger partial charge in [-0.2, -0.15) is 0 Å². The van der Waals surface area contributed by atoms with Crippen molar-refractivity contribution in [3.05, 3.63) is 421 Å². The molecule has 2 aliphatic heterocycles. The molecule has 0 bridgehead atoms. The maximum atomic E-state index is 2.59. The molecule has 0 saturated heterocycles. The van der Waals surface area contributed by atoms with Crippen molar-refractivity contribution in [3.63, 3.8) is 0 Å². The second-order valence-corrected chi connectivity index (χ2v) is 27.7. The van der Waals surface area contributed by atoms with Gasteiger partial charge >= 0.3 is 0 Å². The SMILES string of the molecule is CN1c2ccccc2C(c2ccccc2)(c2ccccc2)c2c(-c3cccc4c(-c5c6cccc(-c7ccc8ccccc8c7)c6cc6c(-c7ccc8ccccc8c7)cccc56)c5cccc(-c6cccc7c6C(c6ccccc6)(c6ccccc6)c6ccccc6N7C)c5cc34)cccc21. The van der Waals surface area contributed by atoms with Crippen molar-refractivity contribution in [1.82, 2.24) is 0 Å². The molecule has 18 aromatic carbocycles. The van der Waals surface area contributed by atoms with Crippen molar-refractivity contribution >= 4 is 87.4 Å². The Bertz CT molecular complexity index is 5950. The van der Waals surface area contributed by atoms with E-state index < -0.39 is 10.8 Å². The highest BCUT2D eigenvalue weighted by molar-refractivity contribution is 6.28. The highest BCUT2D eigenvalue weighted by Gasteiger charge is 2.49. The summed E-state index contributed by atoms with van der Waals surface area (Å²) in [5, 5.41) is 14.4. The van der Waals surface area contributed by atoms with Gasteiger partial charge in [-0.15, -0.1) is 0 Å². The molecule has 0 aliphatic carbocycles. The van der Waals surface area contributed by atoms with Crippen molar-refractivity contribution in [2.24, 2.45) is 0 Å². The van der Waals surface area contributed by atoms with E-state index in [1.54, 1.807) is 0 Å². The van der Waals surface area contributed by atoms with Gasteiger partial charge in [0.1, 0.15) is 0 Å². The zero-order valence-corrected chi connectivity index (χ0v) is 56.7. The van der Waals surface area contributed by atoms with E-state index in [-0.39, 0.29) is 0 Å². The van der Waals surface area contributed by atoms with Crippen molar-refractivity contribution in [3.8, 4) is 55.6 Å². The summed E-state index contributed by atoms with van der Waals surface area (Å²) in [5.41, 5.74) is 24.9. The van der Waals surface area contributed by atoms with E-state index in [4.69, 9.17) is 0 Å². The molecule has 18 aromatic rings. The van der Waals surface area contributed by atoms with E-state index in [1.165, 1.54) is 176 Å².